The SMILES string of the molecule is Nc1nccc(Sc2ccc(N3CCC4(CC3)Cc3ncccc3[C@H]4N)nc2)c1Cl. The number of nitrogens with two attached hydrogens (primary N) is 2. The molecule has 2 aliphatic rings. The molecule has 1 spiro atoms. The maximum Gasteiger partial charge on any atom is 0.143 e. The van der Waals surface area contributed by atoms with Crippen LogP contribution in [0.1, 0.15) is 30.1 Å². The number of rotatable bonds is 3. The lowest BCUT2D eigenvalue weighted by Crippen LogP contribution is -2.44. The van der Waals surface area contributed by atoms with Gasteiger partial charge in [-0.05, 0) is 54.5 Å². The van der Waals surface area contributed by atoms with Gasteiger partial charge in [0.25, 0.3) is 0 Å². The molecule has 4 N–H and O–H groups in total. The molecule has 0 amide bonds. The molecule has 0 aromatic carbocycles. The fourth-order valence-corrected chi connectivity index (χ4v) is 5.64. The Balaban J connectivity index is 1.26. The van der Waals surface area contributed by atoms with Crippen molar-refractivity contribution in [3.63, 3.8) is 0 Å². The van der Waals surface area contributed by atoms with Gasteiger partial charge in [0.1, 0.15) is 11.6 Å². The third-order valence-corrected chi connectivity index (χ3v) is 7.90. The second-order valence-electron chi connectivity index (χ2n) is 8.01. The fourth-order valence-electron chi connectivity index (χ4n) is 4.59. The van der Waals surface area contributed by atoms with Crippen molar-refractivity contribution in [2.24, 2.45) is 11.1 Å². The Morgan fingerprint density at radius 2 is 1.90 bits per heavy atom. The van der Waals surface area contributed by atoms with Crippen LogP contribution in [0.5, 0.6) is 0 Å². The van der Waals surface area contributed by atoms with Crippen molar-refractivity contribution >= 4 is 35.0 Å². The lowest BCUT2D eigenvalue weighted by Gasteiger charge is -2.42. The van der Waals surface area contributed by atoms with Gasteiger partial charge in [0.2, 0.25) is 0 Å². The van der Waals surface area contributed by atoms with E-state index < -0.39 is 0 Å². The van der Waals surface area contributed by atoms with Gasteiger partial charge in [0, 0.05) is 53.2 Å². The summed E-state index contributed by atoms with van der Waals surface area (Å²) < 4.78 is 0. The van der Waals surface area contributed by atoms with Crippen LogP contribution >= 0.6 is 23.4 Å². The van der Waals surface area contributed by atoms with Gasteiger partial charge in [-0.25, -0.2) is 9.97 Å². The molecule has 5 rings (SSSR count). The molecule has 6 nitrogen and oxygen atoms in total. The van der Waals surface area contributed by atoms with Crippen LogP contribution in [0.2, 0.25) is 5.02 Å². The van der Waals surface area contributed by atoms with Crippen molar-refractivity contribution in [3.8, 4) is 0 Å². The van der Waals surface area contributed by atoms with E-state index in [2.05, 4.69) is 33.1 Å². The number of piperidine rings is 1. The summed E-state index contributed by atoms with van der Waals surface area (Å²) >= 11 is 7.78. The number of nitrogens with zero attached hydrogens (tertiary/aromatic N) is 4. The zero-order valence-corrected chi connectivity index (χ0v) is 18.0. The summed E-state index contributed by atoms with van der Waals surface area (Å²) in [4.78, 5) is 17.5. The molecule has 1 saturated heterocycles. The Morgan fingerprint density at radius 3 is 2.63 bits per heavy atom. The first-order chi connectivity index (χ1) is 14.6. The highest BCUT2D eigenvalue weighted by molar-refractivity contribution is 7.99. The first-order valence-corrected chi connectivity index (χ1v) is 11.2. The molecule has 8 heteroatoms. The highest BCUT2D eigenvalue weighted by Crippen LogP contribution is 2.50. The molecule has 0 unspecified atom stereocenters. The minimum absolute atomic E-state index is 0.0765. The Morgan fingerprint density at radius 1 is 1.07 bits per heavy atom. The fraction of sp³-hybridized carbons (Fsp3) is 0.318. The second-order valence-corrected chi connectivity index (χ2v) is 9.50. The lowest BCUT2D eigenvalue weighted by molar-refractivity contribution is 0.186. The number of anilines is 2. The number of aromatic nitrogens is 3. The number of fused-ring (bicyclic) bond motifs is 1. The maximum absolute atomic E-state index is 6.66. The van der Waals surface area contributed by atoms with E-state index in [1.54, 1.807) is 6.20 Å². The zero-order valence-electron chi connectivity index (χ0n) is 16.5. The Bertz CT molecular complexity index is 1070. The largest absolute Gasteiger partial charge is 0.382 e. The van der Waals surface area contributed by atoms with Crippen LogP contribution in [0.4, 0.5) is 11.6 Å². The van der Waals surface area contributed by atoms with E-state index in [0.717, 1.165) is 48.0 Å². The summed E-state index contributed by atoms with van der Waals surface area (Å²) in [6.07, 6.45) is 8.51. The van der Waals surface area contributed by atoms with Gasteiger partial charge in [-0.1, -0.05) is 29.4 Å². The molecule has 0 saturated carbocycles. The number of pyridine rings is 3. The molecule has 3 aromatic heterocycles. The molecule has 1 aliphatic heterocycles. The lowest BCUT2D eigenvalue weighted by atomic mass is 9.73. The number of halogens is 1. The topological polar surface area (TPSA) is 94.0 Å². The van der Waals surface area contributed by atoms with Crippen LogP contribution < -0.4 is 16.4 Å². The van der Waals surface area contributed by atoms with Gasteiger partial charge in [-0.15, -0.1) is 0 Å². The van der Waals surface area contributed by atoms with Gasteiger partial charge in [0.15, 0.2) is 0 Å². The summed E-state index contributed by atoms with van der Waals surface area (Å²) in [5, 5.41) is 0.483. The van der Waals surface area contributed by atoms with Gasteiger partial charge < -0.3 is 16.4 Å². The molecule has 3 aromatic rings. The molecular formula is C22H23ClN6S. The first-order valence-electron chi connectivity index (χ1n) is 10.0. The number of nitrogen functional groups attached to an aromatic ring is 1. The molecule has 1 atom stereocenters. The third kappa shape index (κ3) is 3.41. The van der Waals surface area contributed by atoms with E-state index in [4.69, 9.17) is 28.1 Å². The van der Waals surface area contributed by atoms with E-state index in [0.29, 0.717) is 10.8 Å². The van der Waals surface area contributed by atoms with Crippen LogP contribution in [-0.4, -0.2) is 28.0 Å². The summed E-state index contributed by atoms with van der Waals surface area (Å²) in [5.74, 6) is 1.34. The predicted molar refractivity (Wildman–Crippen MR) is 121 cm³/mol. The van der Waals surface area contributed by atoms with E-state index in [1.807, 2.05) is 24.5 Å². The first kappa shape index (κ1) is 19.6. The minimum Gasteiger partial charge on any atom is -0.382 e. The molecule has 1 aliphatic carbocycles. The molecule has 4 heterocycles. The highest BCUT2D eigenvalue weighted by Gasteiger charge is 2.46. The van der Waals surface area contributed by atoms with Crippen molar-refractivity contribution in [2.75, 3.05) is 23.7 Å². The van der Waals surface area contributed by atoms with Crippen LogP contribution in [-0.2, 0) is 6.42 Å². The average Bonchev–Trinajstić information content (AvgIpc) is 3.04. The molecule has 30 heavy (non-hydrogen) atoms. The maximum atomic E-state index is 6.66. The summed E-state index contributed by atoms with van der Waals surface area (Å²) in [6.45, 7) is 1.90. The quantitative estimate of drug-likeness (QED) is 0.635. The predicted octanol–water partition coefficient (Wildman–Crippen LogP) is 4.10. The molecular weight excluding hydrogens is 416 g/mol. The van der Waals surface area contributed by atoms with Crippen molar-refractivity contribution < 1.29 is 0 Å². The summed E-state index contributed by atoms with van der Waals surface area (Å²) in [6, 6.07) is 10.2. The van der Waals surface area contributed by atoms with Gasteiger partial charge in [-0.2, -0.15) is 0 Å². The van der Waals surface area contributed by atoms with E-state index in [1.165, 1.54) is 23.0 Å². The van der Waals surface area contributed by atoms with E-state index in [9.17, 15) is 0 Å². The van der Waals surface area contributed by atoms with Crippen molar-refractivity contribution in [1.29, 1.82) is 0 Å². The van der Waals surface area contributed by atoms with Crippen LogP contribution in [0.15, 0.2) is 58.7 Å². The van der Waals surface area contributed by atoms with Crippen LogP contribution in [0, 0.1) is 5.41 Å². The molecule has 154 valence electrons. The Labute approximate surface area is 185 Å². The Kier molecular flexibility index (Phi) is 5.05. The second kappa shape index (κ2) is 7.72. The molecule has 1 fully saturated rings. The standard InChI is InChI=1S/C22H23ClN6S/c23-19-17(5-9-27-21(19)25)30-14-3-4-18(28-13-14)29-10-6-22(7-11-29)12-16-15(20(22)24)2-1-8-26-16/h1-5,8-9,13,20H,6-7,10-12,24H2,(H2,25,27)/t20-/m1/s1. The minimum atomic E-state index is 0.0765. The van der Waals surface area contributed by atoms with E-state index in [-0.39, 0.29) is 11.5 Å². The Hall–Kier alpha value is -2.35. The molecule has 0 radical (unpaired) electrons. The number of hydrogen-bond donors (Lipinski definition) is 2. The van der Waals surface area contributed by atoms with E-state index >= 15 is 0 Å². The monoisotopic (exact) mass is 438 g/mol. The summed E-state index contributed by atoms with van der Waals surface area (Å²) in [5.41, 5.74) is 15.0. The average molecular weight is 439 g/mol. The van der Waals surface area contributed by atoms with Gasteiger partial charge in [0.05, 0.1) is 5.02 Å². The van der Waals surface area contributed by atoms with Crippen LogP contribution in [0.25, 0.3) is 0 Å². The van der Waals surface area contributed by atoms with Crippen molar-refractivity contribution in [3.05, 3.63) is 65.2 Å². The number of hydrogen-bond acceptors (Lipinski definition) is 7. The smallest absolute Gasteiger partial charge is 0.143 e. The normalized spacial score (nSPS) is 19.8. The zero-order chi connectivity index (χ0) is 20.7. The third-order valence-electron chi connectivity index (χ3n) is 6.35. The van der Waals surface area contributed by atoms with Crippen molar-refractivity contribution in [1.82, 2.24) is 15.0 Å². The molecule has 0 bridgehead atoms. The summed E-state index contributed by atoms with van der Waals surface area (Å²) in [7, 11) is 0. The van der Waals surface area contributed by atoms with Crippen LogP contribution in [0.3, 0.4) is 0 Å². The highest BCUT2D eigenvalue weighted by atomic mass is 35.5. The van der Waals surface area contributed by atoms with Gasteiger partial charge in [-0.3, -0.25) is 4.98 Å². The van der Waals surface area contributed by atoms with Crippen molar-refractivity contribution in [2.45, 2.75) is 35.1 Å². The van der Waals surface area contributed by atoms with Gasteiger partial charge >= 0.3 is 0 Å².